The van der Waals surface area contributed by atoms with Crippen molar-refractivity contribution in [1.29, 1.82) is 0 Å². The molecule has 0 saturated heterocycles. The number of hydrogen-bond donors (Lipinski definition) is 0. The molecule has 0 unspecified atom stereocenters. The molecular weight excluding hydrogens is 787 g/mol. The standard InChI is InChI=1S/C61H61BN2O/c1-35-27-51-56-52(28-35)64(48-22-18-24-54-55(48)38-19-14-17-23-53(38)65-54)50-32-42-41(58(6,7)34-59(42,8)9)31-46(50)62(56)45-30-37(57(3,4)5)25-26-47(45)63(51)49-33-44-43(29-36(49)2)60(10,11)39-20-15-16-21-40(39)61(44,12)13/h14-33H,34H2,1-13H3. The van der Waals surface area contributed by atoms with Crippen molar-refractivity contribution < 1.29 is 4.42 Å². The Labute approximate surface area is 386 Å². The molecule has 2 aliphatic carbocycles. The number of benzene rings is 7. The van der Waals surface area contributed by atoms with Crippen molar-refractivity contribution >= 4 is 79.2 Å². The molecule has 0 bridgehead atoms. The molecule has 7 aromatic carbocycles. The molecule has 0 radical (unpaired) electrons. The number of furan rings is 1. The van der Waals surface area contributed by atoms with Gasteiger partial charge in [-0.3, -0.25) is 0 Å². The number of anilines is 6. The van der Waals surface area contributed by atoms with Gasteiger partial charge < -0.3 is 14.2 Å². The lowest BCUT2D eigenvalue weighted by atomic mass is 9.33. The number of fused-ring (bicyclic) bond motifs is 10. The number of nitrogens with zero attached hydrogens (tertiary/aromatic N) is 2. The largest absolute Gasteiger partial charge is 0.456 e. The van der Waals surface area contributed by atoms with Gasteiger partial charge in [0.1, 0.15) is 11.2 Å². The molecule has 0 amide bonds. The maximum Gasteiger partial charge on any atom is 0.252 e. The molecule has 12 rings (SSSR count). The molecule has 8 aromatic rings. The van der Waals surface area contributed by atoms with Crippen LogP contribution in [0.2, 0.25) is 0 Å². The molecule has 4 aliphatic rings. The van der Waals surface area contributed by atoms with Crippen LogP contribution in [0.1, 0.15) is 133 Å². The van der Waals surface area contributed by atoms with Crippen LogP contribution < -0.4 is 26.2 Å². The van der Waals surface area contributed by atoms with E-state index in [0.717, 1.165) is 34.0 Å². The van der Waals surface area contributed by atoms with Gasteiger partial charge in [-0.05, 0) is 152 Å². The summed E-state index contributed by atoms with van der Waals surface area (Å²) in [6, 6.07) is 47.1. The minimum atomic E-state index is -0.185. The number of aryl methyl sites for hydroxylation is 2. The summed E-state index contributed by atoms with van der Waals surface area (Å²) in [6.45, 7) is 31.2. The molecule has 4 heteroatoms. The Morgan fingerprint density at radius 3 is 1.74 bits per heavy atom. The van der Waals surface area contributed by atoms with Gasteiger partial charge in [0, 0.05) is 44.7 Å². The van der Waals surface area contributed by atoms with Gasteiger partial charge in [-0.25, -0.2) is 0 Å². The van der Waals surface area contributed by atoms with Crippen molar-refractivity contribution in [2.75, 3.05) is 9.80 Å². The van der Waals surface area contributed by atoms with Crippen molar-refractivity contribution in [3.8, 4) is 0 Å². The summed E-state index contributed by atoms with van der Waals surface area (Å²) >= 11 is 0. The van der Waals surface area contributed by atoms with Crippen LogP contribution in [-0.2, 0) is 27.1 Å². The van der Waals surface area contributed by atoms with Crippen LogP contribution in [0.3, 0.4) is 0 Å². The van der Waals surface area contributed by atoms with Crippen LogP contribution >= 0.6 is 0 Å². The fraction of sp³-hybridized carbons (Fsp3) is 0.311. The average Bonchev–Trinajstić information content (AvgIpc) is 3.72. The molecule has 0 fully saturated rings. The Bertz CT molecular complexity index is 3390. The zero-order valence-electron chi connectivity index (χ0n) is 40.6. The van der Waals surface area contributed by atoms with E-state index in [1.54, 1.807) is 0 Å². The Morgan fingerprint density at radius 2 is 1.06 bits per heavy atom. The molecule has 0 N–H and O–H groups in total. The maximum absolute atomic E-state index is 6.64. The van der Waals surface area contributed by atoms with Crippen molar-refractivity contribution in [3.05, 3.63) is 171 Å². The van der Waals surface area contributed by atoms with Gasteiger partial charge in [-0.2, -0.15) is 0 Å². The van der Waals surface area contributed by atoms with Crippen molar-refractivity contribution in [2.45, 2.75) is 124 Å². The van der Waals surface area contributed by atoms with Crippen LogP contribution in [0, 0.1) is 13.8 Å². The summed E-state index contributed by atoms with van der Waals surface area (Å²) < 4.78 is 6.64. The minimum absolute atomic E-state index is 0.0192. The first-order chi connectivity index (χ1) is 30.7. The number of hydrogen-bond acceptors (Lipinski definition) is 3. The molecule has 1 aromatic heterocycles. The summed E-state index contributed by atoms with van der Waals surface area (Å²) in [5.41, 5.74) is 25.6. The highest BCUT2D eigenvalue weighted by Gasteiger charge is 2.49. The first kappa shape index (κ1) is 40.5. The smallest absolute Gasteiger partial charge is 0.252 e. The summed E-state index contributed by atoms with van der Waals surface area (Å²) in [7, 11) is 0. The Kier molecular flexibility index (Phi) is 8.02. The fourth-order valence-electron chi connectivity index (χ4n) is 13.4. The lowest BCUT2D eigenvalue weighted by Gasteiger charge is -2.47. The van der Waals surface area contributed by atoms with Crippen LogP contribution in [0.15, 0.2) is 126 Å². The van der Waals surface area contributed by atoms with Crippen LogP contribution in [0.25, 0.3) is 21.9 Å². The van der Waals surface area contributed by atoms with E-state index >= 15 is 0 Å². The molecule has 0 atom stereocenters. The predicted octanol–water partition coefficient (Wildman–Crippen LogP) is 14.5. The Balaban J connectivity index is 1.21. The number of para-hydroxylation sites is 1. The van der Waals surface area contributed by atoms with Gasteiger partial charge in [0.05, 0.1) is 11.1 Å². The van der Waals surface area contributed by atoms with Gasteiger partial charge in [-0.15, -0.1) is 0 Å². The summed E-state index contributed by atoms with van der Waals surface area (Å²) in [5.74, 6) is 0. The quantitative estimate of drug-likeness (QED) is 0.162. The van der Waals surface area contributed by atoms with E-state index in [1.165, 1.54) is 94.9 Å². The van der Waals surface area contributed by atoms with Gasteiger partial charge in [0.15, 0.2) is 0 Å². The zero-order chi connectivity index (χ0) is 45.5. The number of rotatable bonds is 2. The van der Waals surface area contributed by atoms with Gasteiger partial charge in [0.2, 0.25) is 0 Å². The minimum Gasteiger partial charge on any atom is -0.456 e. The van der Waals surface area contributed by atoms with E-state index in [2.05, 4.69) is 221 Å². The van der Waals surface area contributed by atoms with E-state index in [9.17, 15) is 0 Å². The van der Waals surface area contributed by atoms with E-state index < -0.39 is 0 Å². The van der Waals surface area contributed by atoms with Crippen LogP contribution in [0.5, 0.6) is 0 Å². The maximum atomic E-state index is 6.64. The summed E-state index contributed by atoms with van der Waals surface area (Å²) in [6.07, 6.45) is 1.11. The SMILES string of the molecule is Cc1cc2c3c(c1)N(c1cccc4oc5ccccc5c14)c1cc4c(cc1B3c1cc(C(C)(C)C)ccc1N2c1cc2c(cc1C)C(C)(C)c1ccccc1C2(C)C)C(C)(C)CC4(C)C. The lowest BCUT2D eigenvalue weighted by Crippen LogP contribution is -2.62. The third-order valence-electron chi connectivity index (χ3n) is 16.4. The summed E-state index contributed by atoms with van der Waals surface area (Å²) in [4.78, 5) is 5.28. The van der Waals surface area contributed by atoms with Crippen molar-refractivity contribution in [3.63, 3.8) is 0 Å². The van der Waals surface area contributed by atoms with Crippen molar-refractivity contribution in [2.24, 2.45) is 0 Å². The second-order valence-electron chi connectivity index (χ2n) is 23.5. The molecule has 2 aliphatic heterocycles. The third-order valence-corrected chi connectivity index (χ3v) is 16.4. The molecule has 0 saturated carbocycles. The van der Waals surface area contributed by atoms with Gasteiger partial charge >= 0.3 is 0 Å². The molecule has 3 nitrogen and oxygen atoms in total. The van der Waals surface area contributed by atoms with E-state index in [4.69, 9.17) is 4.42 Å². The summed E-state index contributed by atoms with van der Waals surface area (Å²) in [5, 5.41) is 2.30. The fourth-order valence-corrected chi connectivity index (χ4v) is 13.4. The zero-order valence-corrected chi connectivity index (χ0v) is 40.6. The Morgan fingerprint density at radius 1 is 0.492 bits per heavy atom. The van der Waals surface area contributed by atoms with E-state index in [0.29, 0.717) is 0 Å². The topological polar surface area (TPSA) is 19.6 Å². The normalized spacial score (nSPS) is 18.0. The first-order valence-electron chi connectivity index (χ1n) is 23.9. The van der Waals surface area contributed by atoms with Crippen LogP contribution in [-0.4, -0.2) is 6.71 Å². The monoisotopic (exact) mass is 848 g/mol. The van der Waals surface area contributed by atoms with E-state index in [-0.39, 0.29) is 33.8 Å². The molecule has 324 valence electrons. The average molecular weight is 849 g/mol. The van der Waals surface area contributed by atoms with Crippen molar-refractivity contribution in [1.82, 2.24) is 0 Å². The highest BCUT2D eigenvalue weighted by Crippen LogP contribution is 2.56. The highest BCUT2D eigenvalue weighted by molar-refractivity contribution is 7.00. The van der Waals surface area contributed by atoms with Gasteiger partial charge in [0.25, 0.3) is 6.71 Å². The lowest BCUT2D eigenvalue weighted by molar-refractivity contribution is 0.403. The highest BCUT2D eigenvalue weighted by atomic mass is 16.3. The van der Waals surface area contributed by atoms with Crippen LogP contribution in [0.4, 0.5) is 34.1 Å². The third kappa shape index (κ3) is 5.43. The second kappa shape index (κ2) is 12.9. The Hall–Kier alpha value is -6.00. The first-order valence-corrected chi connectivity index (χ1v) is 23.9. The second-order valence-corrected chi connectivity index (χ2v) is 23.5. The molecule has 0 spiro atoms. The predicted molar refractivity (Wildman–Crippen MR) is 277 cm³/mol. The van der Waals surface area contributed by atoms with Gasteiger partial charge in [-0.1, -0.05) is 149 Å². The van der Waals surface area contributed by atoms with E-state index in [1.807, 2.05) is 0 Å². The molecular formula is C61H61BN2O. The molecule has 3 heterocycles. The molecule has 65 heavy (non-hydrogen) atoms.